The molecule has 1 fully saturated rings. The molecule has 0 spiro atoms. The maximum Gasteiger partial charge on any atom is 0.256 e. The van der Waals surface area contributed by atoms with Crippen LogP contribution in [0.4, 0.5) is 5.69 Å². The Morgan fingerprint density at radius 1 is 1.26 bits per heavy atom. The molecular weight excluding hydrogens is 236 g/mol. The number of carbonyl (C=O) groups excluding carboxylic acids is 1. The number of allylic oxidation sites excluding steroid dienone is 6. The number of aromatic nitrogens is 1. The van der Waals surface area contributed by atoms with E-state index >= 15 is 0 Å². The normalized spacial score (nSPS) is 18.5. The van der Waals surface area contributed by atoms with Crippen LogP contribution in [0.3, 0.4) is 0 Å². The van der Waals surface area contributed by atoms with Gasteiger partial charge in [-0.15, -0.1) is 0 Å². The lowest BCUT2D eigenvalue weighted by Gasteiger charge is -2.06. The van der Waals surface area contributed by atoms with E-state index in [2.05, 4.69) is 16.4 Å². The van der Waals surface area contributed by atoms with Crippen molar-refractivity contribution in [3.05, 3.63) is 70.1 Å². The van der Waals surface area contributed by atoms with Crippen molar-refractivity contribution in [3.8, 4) is 0 Å². The zero-order valence-corrected chi connectivity index (χ0v) is 10.5. The van der Waals surface area contributed by atoms with E-state index in [0.29, 0.717) is 0 Å². The van der Waals surface area contributed by atoms with E-state index in [4.69, 9.17) is 0 Å². The highest BCUT2D eigenvalue weighted by molar-refractivity contribution is 6.09. The summed E-state index contributed by atoms with van der Waals surface area (Å²) in [5.41, 5.74) is 7.53. The van der Waals surface area contributed by atoms with Crippen LogP contribution in [0.5, 0.6) is 0 Å². The van der Waals surface area contributed by atoms with Crippen LogP contribution >= 0.6 is 0 Å². The third-order valence-corrected chi connectivity index (χ3v) is 3.68. The molecule has 3 aliphatic carbocycles. The van der Waals surface area contributed by atoms with Crippen LogP contribution in [0.25, 0.3) is 0 Å². The van der Waals surface area contributed by atoms with Crippen molar-refractivity contribution in [1.82, 2.24) is 4.98 Å². The van der Waals surface area contributed by atoms with Crippen LogP contribution in [0.1, 0.15) is 12.1 Å². The third kappa shape index (κ3) is 1.58. The topological polar surface area (TPSA) is 42.0 Å². The van der Waals surface area contributed by atoms with Crippen LogP contribution in [-0.2, 0) is 4.79 Å². The Kier molecular flexibility index (Phi) is 1.96. The number of pyridine rings is 1. The smallest absolute Gasteiger partial charge is 0.256 e. The van der Waals surface area contributed by atoms with E-state index in [-0.39, 0.29) is 5.91 Å². The SMILES string of the molecule is Cc1ccc(NC(=O)C2=C3C=C4CC4=C3C=C2)cn1. The summed E-state index contributed by atoms with van der Waals surface area (Å²) in [7, 11) is 0. The maximum absolute atomic E-state index is 12.3. The van der Waals surface area contributed by atoms with Gasteiger partial charge in [0.2, 0.25) is 0 Å². The number of anilines is 1. The van der Waals surface area contributed by atoms with Gasteiger partial charge in [0.25, 0.3) is 5.91 Å². The molecule has 3 aliphatic rings. The molecule has 1 amide bonds. The number of hydrogen-bond acceptors (Lipinski definition) is 2. The first-order chi connectivity index (χ1) is 9.22. The molecule has 3 heteroatoms. The Labute approximate surface area is 111 Å². The second kappa shape index (κ2) is 3.54. The number of aryl methyl sites for hydroxylation is 1. The van der Waals surface area contributed by atoms with Crippen molar-refractivity contribution >= 4 is 11.6 Å². The first-order valence-electron chi connectivity index (χ1n) is 6.33. The summed E-state index contributed by atoms with van der Waals surface area (Å²) in [5, 5.41) is 2.89. The second-order valence-corrected chi connectivity index (χ2v) is 5.04. The summed E-state index contributed by atoms with van der Waals surface area (Å²) in [4.78, 5) is 16.4. The van der Waals surface area contributed by atoms with Gasteiger partial charge in [-0.3, -0.25) is 9.78 Å². The third-order valence-electron chi connectivity index (χ3n) is 3.68. The van der Waals surface area contributed by atoms with Gasteiger partial charge >= 0.3 is 0 Å². The maximum atomic E-state index is 12.3. The van der Waals surface area contributed by atoms with Crippen molar-refractivity contribution in [2.75, 3.05) is 5.32 Å². The van der Waals surface area contributed by atoms with Crippen molar-refractivity contribution < 1.29 is 4.79 Å². The molecular formula is C16H12N2O. The van der Waals surface area contributed by atoms with Gasteiger partial charge in [0.1, 0.15) is 0 Å². The summed E-state index contributed by atoms with van der Waals surface area (Å²) < 4.78 is 0. The number of nitrogens with zero attached hydrogens (tertiary/aromatic N) is 1. The van der Waals surface area contributed by atoms with E-state index in [9.17, 15) is 4.79 Å². The van der Waals surface area contributed by atoms with Crippen LogP contribution in [0, 0.1) is 6.92 Å². The lowest BCUT2D eigenvalue weighted by atomic mass is 10.1. The molecule has 4 rings (SSSR count). The van der Waals surface area contributed by atoms with Gasteiger partial charge in [-0.1, -0.05) is 6.08 Å². The van der Waals surface area contributed by atoms with Gasteiger partial charge in [-0.2, -0.15) is 0 Å². The summed E-state index contributed by atoms with van der Waals surface area (Å²) in [6.45, 7) is 1.92. The number of rotatable bonds is 2. The molecule has 1 aromatic rings. The van der Waals surface area contributed by atoms with Crippen LogP contribution in [-0.4, -0.2) is 10.9 Å². The van der Waals surface area contributed by atoms with E-state index in [1.165, 1.54) is 16.7 Å². The number of fused-ring (bicyclic) bond motifs is 2. The zero-order chi connectivity index (χ0) is 13.0. The molecule has 92 valence electrons. The Morgan fingerprint density at radius 2 is 2.16 bits per heavy atom. The van der Waals surface area contributed by atoms with E-state index in [0.717, 1.165) is 28.9 Å². The minimum Gasteiger partial charge on any atom is -0.321 e. The van der Waals surface area contributed by atoms with Gasteiger partial charge in [0.15, 0.2) is 0 Å². The van der Waals surface area contributed by atoms with Crippen LogP contribution in [0.2, 0.25) is 0 Å². The fraction of sp³-hybridized carbons (Fsp3) is 0.125. The van der Waals surface area contributed by atoms with Crippen molar-refractivity contribution in [2.45, 2.75) is 13.3 Å². The molecule has 0 atom stereocenters. The van der Waals surface area contributed by atoms with E-state index in [1.807, 2.05) is 31.2 Å². The highest BCUT2D eigenvalue weighted by Crippen LogP contribution is 2.51. The van der Waals surface area contributed by atoms with Crippen LogP contribution < -0.4 is 5.32 Å². The lowest BCUT2D eigenvalue weighted by Crippen LogP contribution is -2.14. The van der Waals surface area contributed by atoms with Gasteiger partial charge in [0, 0.05) is 11.3 Å². The molecule has 0 aliphatic heterocycles. The molecule has 1 N–H and O–H groups in total. The predicted molar refractivity (Wildman–Crippen MR) is 73.5 cm³/mol. The highest BCUT2D eigenvalue weighted by atomic mass is 16.1. The minimum absolute atomic E-state index is 0.0642. The molecule has 1 heterocycles. The minimum atomic E-state index is -0.0642. The molecule has 19 heavy (non-hydrogen) atoms. The van der Waals surface area contributed by atoms with Gasteiger partial charge in [0.05, 0.1) is 11.9 Å². The Hall–Kier alpha value is -2.42. The Balaban J connectivity index is 1.61. The molecule has 3 nitrogen and oxygen atoms in total. The lowest BCUT2D eigenvalue weighted by molar-refractivity contribution is -0.112. The first-order valence-corrected chi connectivity index (χ1v) is 6.33. The van der Waals surface area contributed by atoms with Crippen molar-refractivity contribution in [2.24, 2.45) is 0 Å². The summed E-state index contributed by atoms with van der Waals surface area (Å²) >= 11 is 0. The summed E-state index contributed by atoms with van der Waals surface area (Å²) in [6, 6.07) is 3.76. The first kappa shape index (κ1) is 10.5. The standard InChI is InChI=1S/C16H12N2O/c1-9-2-3-11(8-17-9)18-16(19)13-5-4-12-14-6-10(14)7-15(12)13/h2-5,7-8H,6H2,1H3,(H,18,19). The summed E-state index contributed by atoms with van der Waals surface area (Å²) in [6.07, 6.45) is 8.86. The molecule has 0 radical (unpaired) electrons. The fourth-order valence-corrected chi connectivity index (χ4v) is 2.57. The average Bonchev–Trinajstić information content (AvgIpc) is 2.89. The molecule has 0 saturated heterocycles. The molecule has 0 bridgehead atoms. The molecule has 1 saturated carbocycles. The average molecular weight is 248 g/mol. The second-order valence-electron chi connectivity index (χ2n) is 5.04. The largest absolute Gasteiger partial charge is 0.321 e. The molecule has 0 unspecified atom stereocenters. The fourth-order valence-electron chi connectivity index (χ4n) is 2.57. The Morgan fingerprint density at radius 3 is 2.95 bits per heavy atom. The van der Waals surface area contributed by atoms with Crippen molar-refractivity contribution in [1.29, 1.82) is 0 Å². The van der Waals surface area contributed by atoms with E-state index in [1.54, 1.807) is 6.20 Å². The highest BCUT2D eigenvalue weighted by Gasteiger charge is 2.35. The number of hydrogen-bond donors (Lipinski definition) is 1. The molecule has 1 aromatic heterocycles. The zero-order valence-electron chi connectivity index (χ0n) is 10.5. The number of amides is 1. The molecule has 0 aromatic carbocycles. The Bertz CT molecular complexity index is 731. The van der Waals surface area contributed by atoms with Crippen LogP contribution in [0.15, 0.2) is 64.4 Å². The summed E-state index contributed by atoms with van der Waals surface area (Å²) in [5.74, 6) is -0.0642. The predicted octanol–water partition coefficient (Wildman–Crippen LogP) is 2.84. The van der Waals surface area contributed by atoms with Crippen molar-refractivity contribution in [3.63, 3.8) is 0 Å². The monoisotopic (exact) mass is 248 g/mol. The van der Waals surface area contributed by atoms with E-state index < -0.39 is 0 Å². The van der Waals surface area contributed by atoms with Gasteiger partial charge in [-0.05, 0) is 59.9 Å². The van der Waals surface area contributed by atoms with Gasteiger partial charge < -0.3 is 5.32 Å². The number of carbonyl (C=O) groups is 1. The van der Waals surface area contributed by atoms with Gasteiger partial charge in [-0.25, -0.2) is 0 Å². The number of nitrogens with one attached hydrogen (secondary N) is 1. The quantitative estimate of drug-likeness (QED) is 0.874.